The van der Waals surface area contributed by atoms with Gasteiger partial charge < -0.3 is 19.9 Å². The van der Waals surface area contributed by atoms with Crippen LogP contribution in [-0.2, 0) is 16.0 Å². The molecule has 144 valence electrons. The van der Waals surface area contributed by atoms with Gasteiger partial charge in [0.2, 0.25) is 11.8 Å². The van der Waals surface area contributed by atoms with E-state index >= 15 is 0 Å². The van der Waals surface area contributed by atoms with Crippen LogP contribution >= 0.6 is 0 Å². The number of carbonyl (C=O) groups excluding carboxylic acids is 2. The third-order valence-electron chi connectivity index (χ3n) is 3.82. The third kappa shape index (κ3) is 4.73. The minimum Gasteiger partial charge on any atom is -0.495 e. The first-order chi connectivity index (χ1) is 13.4. The Morgan fingerprint density at radius 3 is 2.54 bits per heavy atom. The van der Waals surface area contributed by atoms with Gasteiger partial charge in [-0.25, -0.2) is 4.39 Å². The molecule has 2 amide bonds. The molecule has 1 aromatic heterocycles. The van der Waals surface area contributed by atoms with Gasteiger partial charge in [0, 0.05) is 24.2 Å². The van der Waals surface area contributed by atoms with E-state index in [1.807, 2.05) is 0 Å². The molecule has 0 bridgehead atoms. The summed E-state index contributed by atoms with van der Waals surface area (Å²) in [5.74, 6) is -0.0171. The molecular formula is C20H18FN3O4. The SMILES string of the molecule is COc1ccc(NC(C)=O)cc1NC(=O)Cc1cc(-c2ccc(F)cc2)on1. The number of halogens is 1. The second-order valence-corrected chi connectivity index (χ2v) is 6.01. The highest BCUT2D eigenvalue weighted by Gasteiger charge is 2.13. The Balaban J connectivity index is 1.70. The Hall–Kier alpha value is -3.68. The molecule has 2 aromatic carbocycles. The van der Waals surface area contributed by atoms with Gasteiger partial charge in [0.15, 0.2) is 5.76 Å². The standard InChI is InChI=1S/C20H18FN3O4/c1-12(25)22-15-7-8-18(27-2)17(9-15)23-20(26)11-16-10-19(28-24-16)13-3-5-14(21)6-4-13/h3-10H,11H2,1-2H3,(H,22,25)(H,23,26). The summed E-state index contributed by atoms with van der Waals surface area (Å²) in [6, 6.07) is 12.3. The van der Waals surface area contributed by atoms with Crippen LogP contribution in [0.1, 0.15) is 12.6 Å². The number of amides is 2. The van der Waals surface area contributed by atoms with Crippen LogP contribution < -0.4 is 15.4 Å². The summed E-state index contributed by atoms with van der Waals surface area (Å²) >= 11 is 0. The van der Waals surface area contributed by atoms with Crippen LogP contribution in [0.3, 0.4) is 0 Å². The predicted octanol–water partition coefficient (Wildman–Crippen LogP) is 3.63. The monoisotopic (exact) mass is 383 g/mol. The average Bonchev–Trinajstić information content (AvgIpc) is 3.10. The number of anilines is 2. The van der Waals surface area contributed by atoms with Crippen LogP contribution in [0.4, 0.5) is 15.8 Å². The van der Waals surface area contributed by atoms with Gasteiger partial charge >= 0.3 is 0 Å². The normalized spacial score (nSPS) is 10.4. The van der Waals surface area contributed by atoms with Gasteiger partial charge in [-0.2, -0.15) is 0 Å². The summed E-state index contributed by atoms with van der Waals surface area (Å²) in [5.41, 5.74) is 2.03. The van der Waals surface area contributed by atoms with Crippen molar-refractivity contribution in [1.82, 2.24) is 5.16 Å². The van der Waals surface area contributed by atoms with Crippen LogP contribution in [0.25, 0.3) is 11.3 Å². The van der Waals surface area contributed by atoms with E-state index in [4.69, 9.17) is 9.26 Å². The van der Waals surface area contributed by atoms with Crippen LogP contribution in [0, 0.1) is 5.82 Å². The number of nitrogens with one attached hydrogen (secondary N) is 2. The number of ether oxygens (including phenoxy) is 1. The van der Waals surface area contributed by atoms with Crippen LogP contribution in [0.5, 0.6) is 5.75 Å². The number of rotatable bonds is 6. The van der Waals surface area contributed by atoms with Gasteiger partial charge in [0.05, 0.1) is 24.9 Å². The van der Waals surface area contributed by atoms with Crippen molar-refractivity contribution in [2.45, 2.75) is 13.3 Å². The van der Waals surface area contributed by atoms with E-state index in [9.17, 15) is 14.0 Å². The second kappa shape index (κ2) is 8.34. The highest BCUT2D eigenvalue weighted by Crippen LogP contribution is 2.28. The molecule has 0 spiro atoms. The molecule has 0 aliphatic rings. The molecular weight excluding hydrogens is 365 g/mol. The molecule has 0 saturated carbocycles. The van der Waals surface area contributed by atoms with Crippen molar-refractivity contribution in [2.75, 3.05) is 17.7 Å². The fourth-order valence-corrected chi connectivity index (χ4v) is 2.59. The Kier molecular flexibility index (Phi) is 5.69. The highest BCUT2D eigenvalue weighted by atomic mass is 19.1. The number of methoxy groups -OCH3 is 1. The Labute approximate surface area is 160 Å². The molecule has 8 heteroatoms. The number of aromatic nitrogens is 1. The molecule has 0 aliphatic heterocycles. The molecule has 1 heterocycles. The summed E-state index contributed by atoms with van der Waals surface area (Å²) < 4.78 is 23.5. The first kappa shape index (κ1) is 19.1. The molecule has 0 radical (unpaired) electrons. The van der Waals surface area contributed by atoms with E-state index in [1.165, 1.54) is 26.2 Å². The number of benzene rings is 2. The van der Waals surface area contributed by atoms with Gasteiger partial charge in [-0.3, -0.25) is 9.59 Å². The zero-order chi connectivity index (χ0) is 20.1. The van der Waals surface area contributed by atoms with E-state index < -0.39 is 0 Å². The summed E-state index contributed by atoms with van der Waals surface area (Å²) in [4.78, 5) is 23.6. The largest absolute Gasteiger partial charge is 0.495 e. The van der Waals surface area contributed by atoms with Crippen molar-refractivity contribution in [3.63, 3.8) is 0 Å². The second-order valence-electron chi connectivity index (χ2n) is 6.01. The molecule has 0 saturated heterocycles. The van der Waals surface area contributed by atoms with Crippen molar-refractivity contribution in [1.29, 1.82) is 0 Å². The maximum Gasteiger partial charge on any atom is 0.230 e. The lowest BCUT2D eigenvalue weighted by Crippen LogP contribution is -2.15. The highest BCUT2D eigenvalue weighted by molar-refractivity contribution is 5.95. The predicted molar refractivity (Wildman–Crippen MR) is 102 cm³/mol. The van der Waals surface area contributed by atoms with E-state index in [0.717, 1.165) is 0 Å². The molecule has 7 nitrogen and oxygen atoms in total. The molecule has 0 fully saturated rings. The van der Waals surface area contributed by atoms with Gasteiger partial charge in [-0.1, -0.05) is 5.16 Å². The van der Waals surface area contributed by atoms with E-state index in [2.05, 4.69) is 15.8 Å². The molecule has 3 aromatic rings. The number of hydrogen-bond donors (Lipinski definition) is 2. The van der Waals surface area contributed by atoms with Crippen LogP contribution in [0.2, 0.25) is 0 Å². The molecule has 3 rings (SSSR count). The minimum atomic E-state index is -0.349. The smallest absolute Gasteiger partial charge is 0.230 e. The first-order valence-electron chi connectivity index (χ1n) is 8.41. The van der Waals surface area contributed by atoms with Crippen molar-refractivity contribution in [2.24, 2.45) is 0 Å². The zero-order valence-corrected chi connectivity index (χ0v) is 15.3. The van der Waals surface area contributed by atoms with Crippen LogP contribution in [-0.4, -0.2) is 24.1 Å². The lowest BCUT2D eigenvalue weighted by Gasteiger charge is -2.12. The van der Waals surface area contributed by atoms with E-state index in [1.54, 1.807) is 36.4 Å². The summed E-state index contributed by atoms with van der Waals surface area (Å²) in [7, 11) is 1.48. The fourth-order valence-electron chi connectivity index (χ4n) is 2.59. The minimum absolute atomic E-state index is 0.0296. The molecule has 0 unspecified atom stereocenters. The van der Waals surface area contributed by atoms with E-state index in [0.29, 0.717) is 34.1 Å². The third-order valence-corrected chi connectivity index (χ3v) is 3.82. The number of carbonyl (C=O) groups is 2. The van der Waals surface area contributed by atoms with Crippen LogP contribution in [0.15, 0.2) is 53.1 Å². The number of hydrogen-bond acceptors (Lipinski definition) is 5. The Bertz CT molecular complexity index is 999. The molecule has 28 heavy (non-hydrogen) atoms. The summed E-state index contributed by atoms with van der Waals surface area (Å²) in [5, 5.41) is 9.26. The maximum atomic E-state index is 13.0. The van der Waals surface area contributed by atoms with Crippen molar-refractivity contribution in [3.8, 4) is 17.1 Å². The fraction of sp³-hybridized carbons (Fsp3) is 0.150. The van der Waals surface area contributed by atoms with E-state index in [-0.39, 0.29) is 24.1 Å². The van der Waals surface area contributed by atoms with Crippen molar-refractivity contribution >= 4 is 23.2 Å². The summed E-state index contributed by atoms with van der Waals surface area (Å²) in [6.45, 7) is 1.39. The van der Waals surface area contributed by atoms with Gasteiger partial charge in [-0.15, -0.1) is 0 Å². The molecule has 2 N–H and O–H groups in total. The van der Waals surface area contributed by atoms with Gasteiger partial charge in [0.25, 0.3) is 0 Å². The number of nitrogens with zero attached hydrogens (tertiary/aromatic N) is 1. The Morgan fingerprint density at radius 2 is 1.86 bits per heavy atom. The average molecular weight is 383 g/mol. The molecule has 0 atom stereocenters. The van der Waals surface area contributed by atoms with Crippen molar-refractivity contribution in [3.05, 3.63) is 60.0 Å². The lowest BCUT2D eigenvalue weighted by molar-refractivity contribution is -0.116. The molecule has 0 aliphatic carbocycles. The quantitative estimate of drug-likeness (QED) is 0.678. The van der Waals surface area contributed by atoms with Gasteiger partial charge in [0.1, 0.15) is 11.6 Å². The topological polar surface area (TPSA) is 93.5 Å². The first-order valence-corrected chi connectivity index (χ1v) is 8.41. The Morgan fingerprint density at radius 1 is 1.11 bits per heavy atom. The zero-order valence-electron chi connectivity index (χ0n) is 15.3. The maximum absolute atomic E-state index is 13.0. The lowest BCUT2D eigenvalue weighted by atomic mass is 10.1. The summed E-state index contributed by atoms with van der Waals surface area (Å²) in [6.07, 6.45) is -0.0296. The van der Waals surface area contributed by atoms with Crippen molar-refractivity contribution < 1.29 is 23.2 Å². The van der Waals surface area contributed by atoms with Gasteiger partial charge in [-0.05, 0) is 42.5 Å².